The normalized spacial score (nSPS) is 13.3. The summed E-state index contributed by atoms with van der Waals surface area (Å²) in [5.41, 5.74) is 0.995. The number of hydrogen-bond donors (Lipinski definition) is 2. The second-order valence-electron chi connectivity index (χ2n) is 6.68. The Morgan fingerprint density at radius 3 is 2.64 bits per heavy atom. The number of benzene rings is 1. The second-order valence-corrected chi connectivity index (χ2v) is 7.52. The van der Waals surface area contributed by atoms with Gasteiger partial charge in [-0.05, 0) is 24.0 Å². The SMILES string of the molecule is CN=C(NCCC(C)c1cccc(C(F)(F)F)c1)NCc1csc(N(C)C)n1. The topological polar surface area (TPSA) is 52.6 Å². The van der Waals surface area contributed by atoms with Crippen molar-refractivity contribution in [2.24, 2.45) is 4.99 Å². The minimum absolute atomic E-state index is 0.00547. The predicted molar refractivity (Wildman–Crippen MR) is 109 cm³/mol. The molecule has 2 N–H and O–H groups in total. The van der Waals surface area contributed by atoms with E-state index in [-0.39, 0.29) is 5.92 Å². The first-order chi connectivity index (χ1) is 13.2. The molecule has 0 aliphatic heterocycles. The van der Waals surface area contributed by atoms with Crippen LogP contribution in [-0.2, 0) is 12.7 Å². The van der Waals surface area contributed by atoms with Crippen molar-refractivity contribution in [3.05, 3.63) is 46.5 Å². The zero-order chi connectivity index (χ0) is 20.7. The molecule has 0 aliphatic rings. The number of rotatable bonds is 7. The fourth-order valence-corrected chi connectivity index (χ4v) is 3.33. The molecule has 0 saturated heterocycles. The number of aromatic nitrogens is 1. The quantitative estimate of drug-likeness (QED) is 0.530. The van der Waals surface area contributed by atoms with Crippen molar-refractivity contribution < 1.29 is 13.2 Å². The molecule has 0 aliphatic carbocycles. The van der Waals surface area contributed by atoms with Gasteiger partial charge in [-0.15, -0.1) is 11.3 Å². The van der Waals surface area contributed by atoms with Crippen molar-refractivity contribution in [1.82, 2.24) is 15.6 Å². The molecule has 0 amide bonds. The molecule has 0 radical (unpaired) electrons. The van der Waals surface area contributed by atoms with Crippen molar-refractivity contribution in [3.8, 4) is 0 Å². The molecule has 2 rings (SSSR count). The van der Waals surface area contributed by atoms with Gasteiger partial charge in [-0.2, -0.15) is 13.2 Å². The lowest BCUT2D eigenvalue weighted by Gasteiger charge is -2.16. The van der Waals surface area contributed by atoms with E-state index in [1.54, 1.807) is 24.5 Å². The molecule has 5 nitrogen and oxygen atoms in total. The van der Waals surface area contributed by atoms with E-state index in [0.717, 1.165) is 16.9 Å². The number of halogens is 3. The number of thiazole rings is 1. The third kappa shape index (κ3) is 6.40. The lowest BCUT2D eigenvalue weighted by Crippen LogP contribution is -2.37. The van der Waals surface area contributed by atoms with Crippen molar-refractivity contribution in [2.75, 3.05) is 32.6 Å². The monoisotopic (exact) mass is 413 g/mol. The Balaban J connectivity index is 1.82. The summed E-state index contributed by atoms with van der Waals surface area (Å²) in [5.74, 6) is 0.629. The smallest absolute Gasteiger partial charge is 0.356 e. The van der Waals surface area contributed by atoms with E-state index in [1.165, 1.54) is 12.1 Å². The third-order valence-corrected chi connectivity index (χ3v) is 5.29. The number of hydrogen-bond acceptors (Lipinski definition) is 4. The molecule has 154 valence electrons. The molecule has 1 aromatic carbocycles. The molecule has 0 fully saturated rings. The summed E-state index contributed by atoms with van der Waals surface area (Å²) in [7, 11) is 5.57. The van der Waals surface area contributed by atoms with Crippen molar-refractivity contribution in [3.63, 3.8) is 0 Å². The maximum Gasteiger partial charge on any atom is 0.416 e. The van der Waals surface area contributed by atoms with Gasteiger partial charge >= 0.3 is 6.18 Å². The standard InChI is InChI=1S/C19H26F3N5S/c1-13(14-6-5-7-15(10-14)19(20,21)22)8-9-24-17(23-2)25-11-16-12-28-18(26-16)27(3)4/h5-7,10,12-13H,8-9,11H2,1-4H3,(H2,23,24,25). The van der Waals surface area contributed by atoms with Crippen molar-refractivity contribution >= 4 is 22.4 Å². The number of aliphatic imine (C=N–C) groups is 1. The molecule has 1 unspecified atom stereocenters. The van der Waals surface area contributed by atoms with Crippen LogP contribution in [0.1, 0.15) is 36.1 Å². The first-order valence-corrected chi connectivity index (χ1v) is 9.82. The summed E-state index contributed by atoms with van der Waals surface area (Å²) in [5, 5.41) is 9.32. The van der Waals surface area contributed by atoms with Crippen LogP contribution >= 0.6 is 11.3 Å². The van der Waals surface area contributed by atoms with Gasteiger partial charge in [0.25, 0.3) is 0 Å². The van der Waals surface area contributed by atoms with Crippen molar-refractivity contribution in [2.45, 2.75) is 32.0 Å². The molecule has 9 heteroatoms. The zero-order valence-corrected chi connectivity index (χ0v) is 17.3. The van der Waals surface area contributed by atoms with Crippen LogP contribution in [0.15, 0.2) is 34.6 Å². The molecule has 0 spiro atoms. The maximum absolute atomic E-state index is 12.9. The maximum atomic E-state index is 12.9. The van der Waals surface area contributed by atoms with Gasteiger partial charge in [0.2, 0.25) is 0 Å². The average molecular weight is 414 g/mol. The van der Waals surface area contributed by atoms with Crippen LogP contribution in [0, 0.1) is 0 Å². The van der Waals surface area contributed by atoms with E-state index in [4.69, 9.17) is 0 Å². The van der Waals surface area contributed by atoms with Crippen LogP contribution in [0.4, 0.5) is 18.3 Å². The Morgan fingerprint density at radius 1 is 1.29 bits per heavy atom. The number of nitrogens with one attached hydrogen (secondary N) is 2. The highest BCUT2D eigenvalue weighted by molar-refractivity contribution is 7.13. The van der Waals surface area contributed by atoms with Crippen LogP contribution in [0.5, 0.6) is 0 Å². The van der Waals surface area contributed by atoms with Gasteiger partial charge in [-0.3, -0.25) is 4.99 Å². The molecule has 1 aromatic heterocycles. The zero-order valence-electron chi connectivity index (χ0n) is 16.5. The lowest BCUT2D eigenvalue weighted by atomic mass is 9.96. The average Bonchev–Trinajstić information content (AvgIpc) is 3.13. The molecule has 0 saturated carbocycles. The summed E-state index contributed by atoms with van der Waals surface area (Å²) < 4.78 is 38.6. The first-order valence-electron chi connectivity index (χ1n) is 8.94. The Bertz CT molecular complexity index is 786. The molecule has 1 heterocycles. The van der Waals surface area contributed by atoms with E-state index in [9.17, 15) is 13.2 Å². The number of alkyl halides is 3. The van der Waals surface area contributed by atoms with Gasteiger partial charge in [0, 0.05) is 33.1 Å². The molecule has 1 atom stereocenters. The van der Waals surface area contributed by atoms with E-state index < -0.39 is 11.7 Å². The Morgan fingerprint density at radius 2 is 2.04 bits per heavy atom. The third-order valence-electron chi connectivity index (χ3n) is 4.24. The van der Waals surface area contributed by atoms with E-state index in [1.807, 2.05) is 31.3 Å². The van der Waals surface area contributed by atoms with Gasteiger partial charge in [-0.1, -0.05) is 25.1 Å². The number of nitrogens with zero attached hydrogens (tertiary/aromatic N) is 3. The van der Waals surface area contributed by atoms with Gasteiger partial charge in [0.05, 0.1) is 17.8 Å². The Labute approximate surface area is 167 Å². The van der Waals surface area contributed by atoms with Crippen LogP contribution in [0.2, 0.25) is 0 Å². The molecular formula is C19H26F3N5S. The van der Waals surface area contributed by atoms with Gasteiger partial charge in [-0.25, -0.2) is 4.98 Å². The van der Waals surface area contributed by atoms with Crippen LogP contribution < -0.4 is 15.5 Å². The molecule has 28 heavy (non-hydrogen) atoms. The predicted octanol–water partition coefficient (Wildman–Crippen LogP) is 4.09. The van der Waals surface area contributed by atoms with Crippen molar-refractivity contribution in [1.29, 1.82) is 0 Å². The largest absolute Gasteiger partial charge is 0.416 e. The van der Waals surface area contributed by atoms with E-state index in [2.05, 4.69) is 20.6 Å². The van der Waals surface area contributed by atoms with E-state index >= 15 is 0 Å². The first kappa shape index (κ1) is 22.0. The number of anilines is 1. The molecule has 2 aromatic rings. The minimum Gasteiger partial charge on any atom is -0.356 e. The molecular weight excluding hydrogens is 387 g/mol. The van der Waals surface area contributed by atoms with Crippen LogP contribution in [0.25, 0.3) is 0 Å². The summed E-state index contributed by atoms with van der Waals surface area (Å²) in [6.07, 6.45) is -3.63. The minimum atomic E-state index is -4.32. The Hall–Kier alpha value is -2.29. The highest BCUT2D eigenvalue weighted by Gasteiger charge is 2.30. The fourth-order valence-electron chi connectivity index (χ4n) is 2.57. The Kier molecular flexibility index (Phi) is 7.68. The summed E-state index contributed by atoms with van der Waals surface area (Å²) in [6.45, 7) is 3.07. The summed E-state index contributed by atoms with van der Waals surface area (Å²) in [6, 6.07) is 5.51. The van der Waals surface area contributed by atoms with Crippen LogP contribution in [0.3, 0.4) is 0 Å². The van der Waals surface area contributed by atoms with Gasteiger partial charge < -0.3 is 15.5 Å². The summed E-state index contributed by atoms with van der Waals surface area (Å²) in [4.78, 5) is 10.6. The second kappa shape index (κ2) is 9.77. The lowest BCUT2D eigenvalue weighted by molar-refractivity contribution is -0.137. The number of guanidine groups is 1. The highest BCUT2D eigenvalue weighted by atomic mass is 32.1. The van der Waals surface area contributed by atoms with Gasteiger partial charge in [0.15, 0.2) is 11.1 Å². The van der Waals surface area contributed by atoms with Gasteiger partial charge in [0.1, 0.15) is 0 Å². The summed E-state index contributed by atoms with van der Waals surface area (Å²) >= 11 is 1.57. The van der Waals surface area contributed by atoms with E-state index in [0.29, 0.717) is 31.0 Å². The molecule has 0 bridgehead atoms. The van der Waals surface area contributed by atoms with Crippen LogP contribution in [-0.4, -0.2) is 38.6 Å². The highest BCUT2D eigenvalue weighted by Crippen LogP contribution is 2.31. The fraction of sp³-hybridized carbons (Fsp3) is 0.474.